The Balaban J connectivity index is 2.04. The third-order valence-electron chi connectivity index (χ3n) is 2.47. The molecule has 0 spiro atoms. The number of aromatic nitrogens is 6. The molecular weight excluding hydrogens is 218 g/mol. The molecule has 1 unspecified atom stereocenters. The Morgan fingerprint density at radius 3 is 2.94 bits per heavy atom. The number of aromatic amines is 1. The quantitative estimate of drug-likeness (QED) is 0.829. The number of H-pyrrole nitrogens is 1. The number of rotatable bonds is 4. The van der Waals surface area contributed by atoms with Gasteiger partial charge in [-0.2, -0.15) is 5.21 Å². The third-order valence-corrected chi connectivity index (χ3v) is 2.47. The van der Waals surface area contributed by atoms with E-state index in [0.717, 1.165) is 12.2 Å². The minimum absolute atomic E-state index is 0.169. The van der Waals surface area contributed by atoms with Gasteiger partial charge in [0.2, 0.25) is 5.95 Å². The van der Waals surface area contributed by atoms with Crippen molar-refractivity contribution < 1.29 is 0 Å². The molecule has 2 rings (SSSR count). The van der Waals surface area contributed by atoms with Gasteiger partial charge in [0, 0.05) is 31.4 Å². The molecule has 7 nitrogen and oxygen atoms in total. The highest BCUT2D eigenvalue weighted by atomic mass is 15.5. The van der Waals surface area contributed by atoms with Gasteiger partial charge in [0.1, 0.15) is 0 Å². The van der Waals surface area contributed by atoms with Crippen molar-refractivity contribution in [3.8, 4) is 0 Å². The molecule has 0 bridgehead atoms. The molecule has 2 aromatic heterocycles. The largest absolute Gasteiger partial charge is 0.343 e. The highest BCUT2D eigenvalue weighted by molar-refractivity contribution is 5.29. The van der Waals surface area contributed by atoms with Gasteiger partial charge < -0.3 is 4.90 Å². The second-order valence-corrected chi connectivity index (χ2v) is 4.05. The molecule has 1 N–H and O–H groups in total. The topological polar surface area (TPSA) is 83.5 Å². The van der Waals surface area contributed by atoms with Crippen LogP contribution in [0.15, 0.2) is 12.3 Å². The molecule has 0 radical (unpaired) electrons. The molecule has 0 saturated carbocycles. The SMILES string of the molecule is Cc1ccnc(N(C)CC(C)c2nn[nH]n2)n1. The predicted molar refractivity (Wildman–Crippen MR) is 62.6 cm³/mol. The number of likely N-dealkylation sites (N-methyl/N-ethyl adjacent to an activating group) is 1. The van der Waals surface area contributed by atoms with E-state index in [4.69, 9.17) is 0 Å². The maximum absolute atomic E-state index is 4.36. The lowest BCUT2D eigenvalue weighted by Gasteiger charge is -2.19. The first kappa shape index (κ1) is 11.4. The van der Waals surface area contributed by atoms with E-state index in [2.05, 4.69) is 30.6 Å². The molecule has 0 aliphatic rings. The summed E-state index contributed by atoms with van der Waals surface area (Å²) in [6, 6.07) is 1.87. The van der Waals surface area contributed by atoms with Gasteiger partial charge in [-0.3, -0.25) is 0 Å². The fourth-order valence-corrected chi connectivity index (χ4v) is 1.57. The van der Waals surface area contributed by atoms with E-state index < -0.39 is 0 Å². The van der Waals surface area contributed by atoms with Gasteiger partial charge in [0.25, 0.3) is 0 Å². The summed E-state index contributed by atoms with van der Waals surface area (Å²) in [5, 5.41) is 13.9. The average molecular weight is 233 g/mol. The standard InChI is InChI=1S/C10H15N7/c1-7(9-13-15-16-14-9)6-17(3)10-11-5-4-8(2)12-10/h4-5,7H,6H2,1-3H3,(H,13,14,15,16). The highest BCUT2D eigenvalue weighted by Gasteiger charge is 2.14. The summed E-state index contributed by atoms with van der Waals surface area (Å²) < 4.78 is 0. The van der Waals surface area contributed by atoms with E-state index in [-0.39, 0.29) is 5.92 Å². The van der Waals surface area contributed by atoms with Crippen molar-refractivity contribution in [1.82, 2.24) is 30.6 Å². The van der Waals surface area contributed by atoms with Crippen molar-refractivity contribution >= 4 is 5.95 Å². The summed E-state index contributed by atoms with van der Waals surface area (Å²) in [4.78, 5) is 10.6. The number of anilines is 1. The van der Waals surface area contributed by atoms with Crippen LogP contribution >= 0.6 is 0 Å². The monoisotopic (exact) mass is 233 g/mol. The van der Waals surface area contributed by atoms with Gasteiger partial charge in [0.15, 0.2) is 5.82 Å². The fraction of sp³-hybridized carbons (Fsp3) is 0.500. The van der Waals surface area contributed by atoms with E-state index in [0.29, 0.717) is 11.8 Å². The van der Waals surface area contributed by atoms with Crippen LogP contribution in [-0.4, -0.2) is 44.2 Å². The van der Waals surface area contributed by atoms with E-state index in [9.17, 15) is 0 Å². The van der Waals surface area contributed by atoms with E-state index in [1.54, 1.807) is 6.20 Å². The molecule has 0 aliphatic heterocycles. The molecule has 0 fully saturated rings. The molecule has 90 valence electrons. The molecule has 17 heavy (non-hydrogen) atoms. The zero-order chi connectivity index (χ0) is 12.3. The van der Waals surface area contributed by atoms with E-state index in [1.807, 2.05) is 31.9 Å². The second-order valence-electron chi connectivity index (χ2n) is 4.05. The minimum atomic E-state index is 0.169. The van der Waals surface area contributed by atoms with Crippen molar-refractivity contribution in [3.63, 3.8) is 0 Å². The second kappa shape index (κ2) is 4.86. The Hall–Kier alpha value is -2.05. The summed E-state index contributed by atoms with van der Waals surface area (Å²) in [7, 11) is 1.95. The van der Waals surface area contributed by atoms with Crippen LogP contribution in [0.25, 0.3) is 0 Å². The molecule has 1 atom stereocenters. The first-order chi connectivity index (χ1) is 8.16. The van der Waals surface area contributed by atoms with Gasteiger partial charge in [-0.1, -0.05) is 12.1 Å². The summed E-state index contributed by atoms with van der Waals surface area (Å²) in [5.74, 6) is 1.58. The van der Waals surface area contributed by atoms with Crippen LogP contribution in [-0.2, 0) is 0 Å². The number of hydrogen-bond acceptors (Lipinski definition) is 6. The maximum Gasteiger partial charge on any atom is 0.225 e. The Kier molecular flexibility index (Phi) is 3.27. The molecule has 2 heterocycles. The number of nitrogens with one attached hydrogen (secondary N) is 1. The Morgan fingerprint density at radius 2 is 2.29 bits per heavy atom. The molecule has 7 heteroatoms. The van der Waals surface area contributed by atoms with Crippen molar-refractivity contribution in [2.45, 2.75) is 19.8 Å². The Labute approximate surface area is 99.3 Å². The van der Waals surface area contributed by atoms with Crippen LogP contribution in [0.2, 0.25) is 0 Å². The molecule has 0 aliphatic carbocycles. The average Bonchev–Trinajstić information content (AvgIpc) is 2.82. The van der Waals surface area contributed by atoms with Gasteiger partial charge in [0.05, 0.1) is 0 Å². The van der Waals surface area contributed by atoms with Crippen LogP contribution in [0, 0.1) is 6.92 Å². The van der Waals surface area contributed by atoms with Crippen LogP contribution in [0.5, 0.6) is 0 Å². The van der Waals surface area contributed by atoms with E-state index >= 15 is 0 Å². The maximum atomic E-state index is 4.36. The normalized spacial score (nSPS) is 12.4. The van der Waals surface area contributed by atoms with Crippen LogP contribution in [0.1, 0.15) is 24.4 Å². The molecule has 0 amide bonds. The highest BCUT2D eigenvalue weighted by Crippen LogP contribution is 2.13. The van der Waals surface area contributed by atoms with Crippen molar-refractivity contribution in [1.29, 1.82) is 0 Å². The summed E-state index contributed by atoms with van der Waals surface area (Å²) in [6.45, 7) is 4.72. The zero-order valence-corrected chi connectivity index (χ0v) is 10.1. The summed E-state index contributed by atoms with van der Waals surface area (Å²) in [6.07, 6.45) is 1.76. The summed E-state index contributed by atoms with van der Waals surface area (Å²) >= 11 is 0. The smallest absolute Gasteiger partial charge is 0.225 e. The van der Waals surface area contributed by atoms with Gasteiger partial charge in [-0.15, -0.1) is 10.2 Å². The lowest BCUT2D eigenvalue weighted by atomic mass is 10.1. The fourth-order valence-electron chi connectivity index (χ4n) is 1.57. The number of aryl methyl sites for hydroxylation is 1. The van der Waals surface area contributed by atoms with Crippen LogP contribution in [0.3, 0.4) is 0 Å². The van der Waals surface area contributed by atoms with Gasteiger partial charge in [-0.05, 0) is 13.0 Å². The van der Waals surface area contributed by atoms with Crippen LogP contribution in [0.4, 0.5) is 5.95 Å². The predicted octanol–water partition coefficient (Wildman–Crippen LogP) is 0.538. The lowest BCUT2D eigenvalue weighted by molar-refractivity contribution is 0.676. The molecule has 0 aromatic carbocycles. The lowest BCUT2D eigenvalue weighted by Crippen LogP contribution is -2.25. The number of tetrazole rings is 1. The third kappa shape index (κ3) is 2.74. The van der Waals surface area contributed by atoms with Gasteiger partial charge >= 0.3 is 0 Å². The molecule has 2 aromatic rings. The number of nitrogens with zero attached hydrogens (tertiary/aromatic N) is 6. The zero-order valence-electron chi connectivity index (χ0n) is 10.1. The number of hydrogen-bond donors (Lipinski definition) is 1. The van der Waals surface area contributed by atoms with Crippen molar-refractivity contribution in [2.24, 2.45) is 0 Å². The van der Waals surface area contributed by atoms with Gasteiger partial charge in [-0.25, -0.2) is 9.97 Å². The summed E-state index contributed by atoms with van der Waals surface area (Å²) in [5.41, 5.74) is 0.953. The van der Waals surface area contributed by atoms with Crippen molar-refractivity contribution in [2.75, 3.05) is 18.5 Å². The Bertz CT molecular complexity index is 467. The molecular formula is C10H15N7. The van der Waals surface area contributed by atoms with Crippen molar-refractivity contribution in [3.05, 3.63) is 23.8 Å². The Morgan fingerprint density at radius 1 is 1.47 bits per heavy atom. The van der Waals surface area contributed by atoms with Crippen LogP contribution < -0.4 is 4.90 Å². The first-order valence-electron chi connectivity index (χ1n) is 5.41. The van der Waals surface area contributed by atoms with E-state index in [1.165, 1.54) is 0 Å². The minimum Gasteiger partial charge on any atom is -0.343 e. The molecule has 0 saturated heterocycles. The first-order valence-corrected chi connectivity index (χ1v) is 5.41.